The summed E-state index contributed by atoms with van der Waals surface area (Å²) in [4.78, 5) is 83.4. The monoisotopic (exact) mass is 1630 g/mol. The molecular weight excluding hydrogens is 1580 g/mol. The van der Waals surface area contributed by atoms with Gasteiger partial charge in [0.15, 0.2) is 11.8 Å². The third kappa shape index (κ3) is 14.0. The predicted molar refractivity (Wildman–Crippen MR) is 286 cm³/mol. The minimum Gasteiger partial charge on any atom is -0.394 e. The molecule has 0 spiro atoms. The molecule has 0 aromatic heterocycles. The van der Waals surface area contributed by atoms with Crippen LogP contribution in [0, 0.1) is 21.4 Å². The zero-order chi connectivity index (χ0) is 51.4. The number of carbonyl (C=O) groups excluding carboxylic acids is 6. The van der Waals surface area contributed by atoms with Crippen LogP contribution in [0.1, 0.15) is 44.3 Å². The van der Waals surface area contributed by atoms with Gasteiger partial charge in [0.25, 0.3) is 17.7 Å². The molecule has 376 valence electrons. The molecule has 8 unspecified atom stereocenters. The molecule has 0 aliphatic rings. The van der Waals surface area contributed by atoms with Crippen molar-refractivity contribution in [3.8, 4) is 0 Å². The number of aliphatic hydroxyl groups is 11. The lowest BCUT2D eigenvalue weighted by atomic mass is 9.92. The maximum atomic E-state index is 14.4. The first kappa shape index (κ1) is 62.3. The first-order valence-corrected chi connectivity index (χ1v) is 25.5. The Balaban J connectivity index is 2.96. The van der Waals surface area contributed by atoms with Crippen molar-refractivity contribution in [2.75, 3.05) is 77.3 Å². The maximum Gasteiger partial charge on any atom is 0.253 e. The number of hydrogen-bond donors (Lipinski definition) is 15. The Hall–Kier alpha value is -0.840. The Morgan fingerprint density at radius 2 is 1.06 bits per heavy atom. The lowest BCUT2D eigenvalue weighted by Gasteiger charge is -2.39. The van der Waals surface area contributed by atoms with Gasteiger partial charge in [-0.3, -0.25) is 28.8 Å². The lowest BCUT2D eigenvalue weighted by molar-refractivity contribution is -0.154. The van der Waals surface area contributed by atoms with Crippen molar-refractivity contribution in [3.05, 3.63) is 43.7 Å². The van der Waals surface area contributed by atoms with Gasteiger partial charge in [0, 0.05) is 46.6 Å². The predicted octanol–water partition coefficient (Wildman–Crippen LogP) is -3.38. The summed E-state index contributed by atoms with van der Waals surface area (Å²) < 4.78 is 5.98. The molecule has 0 aliphatic heterocycles. The summed E-state index contributed by atoms with van der Waals surface area (Å²) in [6, 6.07) is -4.22. The van der Waals surface area contributed by atoms with Crippen LogP contribution in [0.2, 0.25) is 0 Å². The van der Waals surface area contributed by atoms with Crippen LogP contribution >= 0.6 is 136 Å². The van der Waals surface area contributed by atoms with E-state index in [0.717, 1.165) is 16.9 Å². The Labute approximate surface area is 464 Å². The van der Waals surface area contributed by atoms with Crippen molar-refractivity contribution in [2.45, 2.75) is 54.7 Å². The van der Waals surface area contributed by atoms with E-state index in [-0.39, 0.29) is 61.5 Å². The SMILES string of the molecule is COC(NC=O)(c1c(I)c(C(CO)NC(=O)C(O)CO)c(I)c(N(C)C(=O)CC(=O)N(C)c2c(I)c(C(=O)NC(CO)C(O)CO)c(I)c(C(=O)NC(CO)C(O)CO)c2I)c1I)C(O)CO. The minimum absolute atomic E-state index is 0.0156. The van der Waals surface area contributed by atoms with E-state index in [9.17, 15) is 84.9 Å². The minimum atomic E-state index is -2.26. The molecule has 67 heavy (non-hydrogen) atoms. The van der Waals surface area contributed by atoms with Gasteiger partial charge >= 0.3 is 0 Å². The fraction of sp³-hybridized carbons (Fsp3) is 0.514. The largest absolute Gasteiger partial charge is 0.394 e. The van der Waals surface area contributed by atoms with Crippen LogP contribution in [-0.4, -0.2) is 196 Å². The molecule has 2 rings (SSSR count). The van der Waals surface area contributed by atoms with Crippen LogP contribution < -0.4 is 31.1 Å². The highest BCUT2D eigenvalue weighted by molar-refractivity contribution is 14.1. The number of aliphatic hydroxyl groups excluding tert-OH is 11. The topological polar surface area (TPSA) is 389 Å². The van der Waals surface area contributed by atoms with Crippen molar-refractivity contribution in [3.63, 3.8) is 0 Å². The van der Waals surface area contributed by atoms with E-state index >= 15 is 0 Å². The normalized spacial score (nSPS) is 15.5. The van der Waals surface area contributed by atoms with Gasteiger partial charge in [0.2, 0.25) is 18.2 Å². The molecule has 24 nitrogen and oxygen atoms in total. The van der Waals surface area contributed by atoms with Crippen molar-refractivity contribution >= 4 is 183 Å². The van der Waals surface area contributed by atoms with Gasteiger partial charge in [0.1, 0.15) is 12.5 Å². The van der Waals surface area contributed by atoms with Gasteiger partial charge < -0.3 is 92.0 Å². The van der Waals surface area contributed by atoms with E-state index in [1.54, 1.807) is 136 Å². The van der Waals surface area contributed by atoms with Gasteiger partial charge in [-0.1, -0.05) is 0 Å². The number of rotatable bonds is 25. The number of anilines is 2. The molecule has 6 amide bonds. The summed E-state index contributed by atoms with van der Waals surface area (Å²) >= 11 is 10.4. The summed E-state index contributed by atoms with van der Waals surface area (Å²) in [5.41, 5.74) is -3.00. The van der Waals surface area contributed by atoms with Crippen molar-refractivity contribution in [2.24, 2.45) is 0 Å². The van der Waals surface area contributed by atoms with Crippen LogP contribution in [0.5, 0.6) is 0 Å². The van der Waals surface area contributed by atoms with Gasteiger partial charge in [0.05, 0.1) is 106 Å². The second kappa shape index (κ2) is 28.4. The van der Waals surface area contributed by atoms with Gasteiger partial charge in [-0.25, -0.2) is 0 Å². The molecule has 2 aromatic rings. The first-order chi connectivity index (χ1) is 31.4. The molecule has 8 atom stereocenters. The maximum absolute atomic E-state index is 14.4. The smallest absolute Gasteiger partial charge is 0.253 e. The summed E-state index contributed by atoms with van der Waals surface area (Å²) in [5, 5.41) is 120. The van der Waals surface area contributed by atoms with E-state index in [4.69, 9.17) is 4.74 Å². The number of amides is 6. The van der Waals surface area contributed by atoms with E-state index in [2.05, 4.69) is 21.3 Å². The highest BCUT2D eigenvalue weighted by Crippen LogP contribution is 2.45. The van der Waals surface area contributed by atoms with Crippen molar-refractivity contribution in [1.29, 1.82) is 0 Å². The third-order valence-corrected chi connectivity index (χ3v) is 16.5. The van der Waals surface area contributed by atoms with Crippen molar-refractivity contribution < 1.29 is 89.7 Å². The Morgan fingerprint density at radius 1 is 0.612 bits per heavy atom. The summed E-state index contributed by atoms with van der Waals surface area (Å²) in [6.45, 7) is -6.20. The number of methoxy groups -OCH3 is 1. The molecule has 0 radical (unpaired) electrons. The van der Waals surface area contributed by atoms with Crippen molar-refractivity contribution in [1.82, 2.24) is 21.3 Å². The van der Waals surface area contributed by atoms with Crippen LogP contribution in [0.3, 0.4) is 0 Å². The molecule has 0 bridgehead atoms. The van der Waals surface area contributed by atoms with Gasteiger partial charge in [-0.05, 0) is 136 Å². The van der Waals surface area contributed by atoms with E-state index in [1.807, 2.05) is 0 Å². The van der Waals surface area contributed by atoms with E-state index in [0.29, 0.717) is 0 Å². The molecule has 0 heterocycles. The summed E-state index contributed by atoms with van der Waals surface area (Å²) in [5.74, 6) is -4.96. The zero-order valence-corrected chi connectivity index (χ0v) is 48.2. The zero-order valence-electron chi connectivity index (χ0n) is 35.2. The number of hydrogen-bond acceptors (Lipinski definition) is 18. The number of benzene rings is 2. The molecule has 30 heteroatoms. The number of nitrogens with zero attached hydrogens (tertiary/aromatic N) is 2. The quantitative estimate of drug-likeness (QED) is 0.0200. The number of ether oxygens (including phenoxy) is 1. The highest BCUT2D eigenvalue weighted by Gasteiger charge is 2.46. The summed E-state index contributed by atoms with van der Waals surface area (Å²) in [6.07, 6.45) is -7.85. The standard InChI is InChI=1S/C37H48I6N6O18/c1-48(32-29(41)23(35(65)45-13(5-50)16(58)8-53)26(38)24(30(32)42)36(66)46-14(6-51)17(59)9-54)20(62)4-21(63)49(2)33-28(40)22(15(7-52)47-34(64)18(60)10-55)27(39)25(31(33)43)37(67-3,44-12-57)19(61)11-56/h12-19,50-56,58-61H,4-11H2,1-3H3,(H,44,57)(H,45,65)(H,46,66)(H,47,64). The fourth-order valence-electron chi connectivity index (χ4n) is 6.23. The number of nitrogens with one attached hydrogen (secondary N) is 4. The van der Waals surface area contributed by atoms with Crippen LogP contribution in [0.25, 0.3) is 0 Å². The fourth-order valence-corrected chi connectivity index (χ4v) is 16.5. The summed E-state index contributed by atoms with van der Waals surface area (Å²) in [7, 11) is 3.57. The average Bonchev–Trinajstić information content (AvgIpc) is 3.29. The lowest BCUT2D eigenvalue weighted by Crippen LogP contribution is -2.55. The highest BCUT2D eigenvalue weighted by atomic mass is 127. The van der Waals surface area contributed by atoms with E-state index < -0.39 is 130 Å². The Kier molecular flexibility index (Phi) is 26.4. The second-order valence-corrected chi connectivity index (χ2v) is 20.5. The molecule has 0 fully saturated rings. The molecule has 0 aliphatic carbocycles. The van der Waals surface area contributed by atoms with Gasteiger partial charge in [-0.2, -0.15) is 0 Å². The second-order valence-electron chi connectivity index (χ2n) is 14.1. The van der Waals surface area contributed by atoms with Crippen LogP contribution in [0.4, 0.5) is 11.4 Å². The average molecular weight is 1630 g/mol. The molecular formula is C37H48I6N6O18. The molecule has 0 saturated heterocycles. The molecule has 0 saturated carbocycles. The van der Waals surface area contributed by atoms with Crippen LogP contribution in [-0.2, 0) is 29.6 Å². The molecule has 2 aromatic carbocycles. The molecule has 15 N–H and O–H groups in total. The van der Waals surface area contributed by atoms with E-state index in [1.165, 1.54) is 14.1 Å². The van der Waals surface area contributed by atoms with Crippen LogP contribution in [0.15, 0.2) is 0 Å². The Bertz CT molecular complexity index is 2090. The van der Waals surface area contributed by atoms with Gasteiger partial charge in [-0.15, -0.1) is 0 Å². The third-order valence-electron chi connectivity index (χ3n) is 10.1. The number of halogens is 6. The number of carbonyl (C=O) groups is 6. The Morgan fingerprint density at radius 3 is 1.42 bits per heavy atom. The first-order valence-electron chi connectivity index (χ1n) is 19.0.